The molecule has 0 aliphatic heterocycles. The van der Waals surface area contributed by atoms with Crippen molar-refractivity contribution in [3.8, 4) is 0 Å². The van der Waals surface area contributed by atoms with Crippen molar-refractivity contribution in [3.05, 3.63) is 47.4 Å². The van der Waals surface area contributed by atoms with Gasteiger partial charge in [0, 0.05) is 4.90 Å². The van der Waals surface area contributed by atoms with Crippen LogP contribution in [0.4, 0.5) is 0 Å². The van der Waals surface area contributed by atoms with Crippen LogP contribution in [-0.2, 0) is 0 Å². The molecule has 0 saturated heterocycles. The number of carbonyl (C=O) groups is 1. The highest BCUT2D eigenvalue weighted by Crippen LogP contribution is 2.31. The van der Waals surface area contributed by atoms with Crippen molar-refractivity contribution in [1.29, 1.82) is 0 Å². The molecule has 0 unspecified atom stereocenters. The Morgan fingerprint density at radius 1 is 1.24 bits per heavy atom. The molecular formula is C11H7ClN2O2S. The number of carboxylic acids is 1. The molecule has 86 valence electrons. The summed E-state index contributed by atoms with van der Waals surface area (Å²) in [7, 11) is 0. The van der Waals surface area contributed by atoms with Crippen LogP contribution < -0.4 is 0 Å². The molecule has 0 aliphatic rings. The molecule has 1 aromatic heterocycles. The molecule has 0 saturated carbocycles. The van der Waals surface area contributed by atoms with E-state index in [0.29, 0.717) is 10.0 Å². The van der Waals surface area contributed by atoms with E-state index < -0.39 is 5.97 Å². The fourth-order valence-corrected chi connectivity index (χ4v) is 2.12. The molecule has 0 fully saturated rings. The van der Waals surface area contributed by atoms with E-state index in [2.05, 4.69) is 9.97 Å². The minimum absolute atomic E-state index is 0.0755. The number of aromatic nitrogens is 2. The van der Waals surface area contributed by atoms with Crippen molar-refractivity contribution in [2.75, 3.05) is 0 Å². The molecule has 17 heavy (non-hydrogen) atoms. The maximum Gasteiger partial charge on any atom is 0.356 e. The summed E-state index contributed by atoms with van der Waals surface area (Å²) in [6, 6.07) is 7.35. The lowest BCUT2D eigenvalue weighted by Crippen LogP contribution is -2.00. The third-order valence-corrected chi connectivity index (χ3v) is 3.34. The maximum absolute atomic E-state index is 10.6. The highest BCUT2D eigenvalue weighted by molar-refractivity contribution is 7.99. The Morgan fingerprint density at radius 2 is 2.00 bits per heavy atom. The topological polar surface area (TPSA) is 63.1 Å². The van der Waals surface area contributed by atoms with Gasteiger partial charge in [0.1, 0.15) is 5.03 Å². The summed E-state index contributed by atoms with van der Waals surface area (Å²) in [5.41, 5.74) is -0.0755. The van der Waals surface area contributed by atoms with E-state index in [4.69, 9.17) is 16.7 Å². The second kappa shape index (κ2) is 5.16. The SMILES string of the molecule is O=C(O)c1cnc(Sc2ccccc2Cl)cn1. The molecule has 0 bridgehead atoms. The Morgan fingerprint density at radius 3 is 2.59 bits per heavy atom. The molecule has 0 radical (unpaired) electrons. The van der Waals surface area contributed by atoms with Gasteiger partial charge in [-0.1, -0.05) is 35.5 Å². The summed E-state index contributed by atoms with van der Waals surface area (Å²) >= 11 is 7.33. The zero-order chi connectivity index (χ0) is 12.3. The molecule has 0 aliphatic carbocycles. The highest BCUT2D eigenvalue weighted by atomic mass is 35.5. The molecule has 1 aromatic carbocycles. The van der Waals surface area contributed by atoms with Gasteiger partial charge >= 0.3 is 5.97 Å². The Balaban J connectivity index is 2.20. The summed E-state index contributed by atoms with van der Waals surface area (Å²) in [6.07, 6.45) is 2.64. The summed E-state index contributed by atoms with van der Waals surface area (Å²) in [6.45, 7) is 0. The van der Waals surface area contributed by atoms with Gasteiger partial charge in [0.25, 0.3) is 0 Å². The van der Waals surface area contributed by atoms with E-state index >= 15 is 0 Å². The van der Waals surface area contributed by atoms with Crippen LogP contribution in [-0.4, -0.2) is 21.0 Å². The zero-order valence-corrected chi connectivity index (χ0v) is 10.1. The molecular weight excluding hydrogens is 260 g/mol. The van der Waals surface area contributed by atoms with Crippen molar-refractivity contribution in [2.24, 2.45) is 0 Å². The maximum atomic E-state index is 10.6. The predicted molar refractivity (Wildman–Crippen MR) is 64.6 cm³/mol. The number of benzene rings is 1. The summed E-state index contributed by atoms with van der Waals surface area (Å²) < 4.78 is 0. The fourth-order valence-electron chi connectivity index (χ4n) is 1.12. The van der Waals surface area contributed by atoms with Gasteiger partial charge in [-0.3, -0.25) is 0 Å². The van der Waals surface area contributed by atoms with Crippen LogP contribution in [0.15, 0.2) is 46.6 Å². The highest BCUT2D eigenvalue weighted by Gasteiger charge is 2.07. The fraction of sp³-hybridized carbons (Fsp3) is 0. The Hall–Kier alpha value is -1.59. The van der Waals surface area contributed by atoms with Gasteiger partial charge in [-0.25, -0.2) is 14.8 Å². The third-order valence-electron chi connectivity index (χ3n) is 1.90. The van der Waals surface area contributed by atoms with Crippen molar-refractivity contribution in [3.63, 3.8) is 0 Å². The average Bonchev–Trinajstić information content (AvgIpc) is 2.33. The van der Waals surface area contributed by atoms with Crippen molar-refractivity contribution < 1.29 is 9.90 Å². The monoisotopic (exact) mass is 266 g/mol. The number of aromatic carboxylic acids is 1. The van der Waals surface area contributed by atoms with Gasteiger partial charge in [0.2, 0.25) is 0 Å². The standard InChI is InChI=1S/C11H7ClN2O2S/c12-7-3-1-2-4-9(7)17-10-6-13-8(5-14-10)11(15)16/h1-6H,(H,15,16). The Labute approximate surface area is 107 Å². The molecule has 4 nitrogen and oxygen atoms in total. The average molecular weight is 267 g/mol. The second-order valence-electron chi connectivity index (χ2n) is 3.08. The quantitative estimate of drug-likeness (QED) is 0.925. The van der Waals surface area contributed by atoms with Gasteiger partial charge in [-0.05, 0) is 12.1 Å². The van der Waals surface area contributed by atoms with Crippen LogP contribution in [0.2, 0.25) is 5.02 Å². The second-order valence-corrected chi connectivity index (χ2v) is 4.55. The van der Waals surface area contributed by atoms with E-state index in [1.165, 1.54) is 24.2 Å². The van der Waals surface area contributed by atoms with Gasteiger partial charge < -0.3 is 5.11 Å². The minimum Gasteiger partial charge on any atom is -0.476 e. The molecule has 1 heterocycles. The largest absolute Gasteiger partial charge is 0.476 e. The first-order valence-corrected chi connectivity index (χ1v) is 5.84. The summed E-state index contributed by atoms with van der Waals surface area (Å²) in [4.78, 5) is 19.2. The number of nitrogens with zero attached hydrogens (tertiary/aromatic N) is 2. The number of carboxylic acid groups (broad SMARTS) is 1. The lowest BCUT2D eigenvalue weighted by molar-refractivity contribution is 0.0689. The first-order valence-electron chi connectivity index (χ1n) is 4.64. The van der Waals surface area contributed by atoms with Crippen LogP contribution in [0.3, 0.4) is 0 Å². The molecule has 0 spiro atoms. The smallest absolute Gasteiger partial charge is 0.356 e. The van der Waals surface area contributed by atoms with Crippen molar-refractivity contribution in [2.45, 2.75) is 9.92 Å². The van der Waals surface area contributed by atoms with Crippen LogP contribution >= 0.6 is 23.4 Å². The van der Waals surface area contributed by atoms with Crippen molar-refractivity contribution >= 4 is 29.3 Å². The van der Waals surface area contributed by atoms with Gasteiger partial charge in [-0.15, -0.1) is 0 Å². The van der Waals surface area contributed by atoms with Gasteiger partial charge in [0.15, 0.2) is 5.69 Å². The van der Waals surface area contributed by atoms with E-state index in [-0.39, 0.29) is 5.69 Å². The molecule has 0 atom stereocenters. The molecule has 2 rings (SSSR count). The number of hydrogen-bond donors (Lipinski definition) is 1. The third kappa shape index (κ3) is 2.95. The summed E-state index contributed by atoms with van der Waals surface area (Å²) in [5, 5.41) is 9.91. The summed E-state index contributed by atoms with van der Waals surface area (Å²) in [5.74, 6) is -1.09. The van der Waals surface area contributed by atoms with Crippen LogP contribution in [0.25, 0.3) is 0 Å². The molecule has 0 amide bonds. The van der Waals surface area contributed by atoms with Gasteiger partial charge in [0.05, 0.1) is 17.4 Å². The normalized spacial score (nSPS) is 10.2. The Kier molecular flexibility index (Phi) is 3.61. The van der Waals surface area contributed by atoms with Crippen LogP contribution in [0.5, 0.6) is 0 Å². The number of halogens is 1. The van der Waals surface area contributed by atoms with Gasteiger partial charge in [-0.2, -0.15) is 0 Å². The first kappa shape index (κ1) is 11.9. The number of hydrogen-bond acceptors (Lipinski definition) is 4. The minimum atomic E-state index is -1.09. The Bertz CT molecular complexity index is 545. The predicted octanol–water partition coefficient (Wildman–Crippen LogP) is 2.98. The molecule has 6 heteroatoms. The lowest BCUT2D eigenvalue weighted by Gasteiger charge is -2.02. The first-order chi connectivity index (χ1) is 8.16. The molecule has 2 aromatic rings. The van der Waals surface area contributed by atoms with E-state index in [1.54, 1.807) is 6.07 Å². The molecule has 1 N–H and O–H groups in total. The lowest BCUT2D eigenvalue weighted by atomic mass is 10.4. The van der Waals surface area contributed by atoms with E-state index in [1.807, 2.05) is 18.2 Å². The van der Waals surface area contributed by atoms with E-state index in [9.17, 15) is 4.79 Å². The zero-order valence-electron chi connectivity index (χ0n) is 8.50. The number of rotatable bonds is 3. The van der Waals surface area contributed by atoms with E-state index in [0.717, 1.165) is 4.90 Å². The van der Waals surface area contributed by atoms with Crippen LogP contribution in [0.1, 0.15) is 10.5 Å². The van der Waals surface area contributed by atoms with Crippen molar-refractivity contribution in [1.82, 2.24) is 9.97 Å². The van der Waals surface area contributed by atoms with Crippen LogP contribution in [0, 0.1) is 0 Å².